The van der Waals surface area contributed by atoms with Crippen molar-refractivity contribution in [3.63, 3.8) is 0 Å². The molecule has 135 heavy (non-hydrogen) atoms. The van der Waals surface area contributed by atoms with Crippen molar-refractivity contribution in [3.05, 3.63) is 222 Å². The number of nitrogens with one attached hydrogen (secondary N) is 10. The molecule has 6 aliphatic heterocycles. The van der Waals surface area contributed by atoms with Gasteiger partial charge in [0.25, 0.3) is 0 Å². The van der Waals surface area contributed by atoms with Gasteiger partial charge in [0.05, 0.1) is 26.2 Å². The number of nitrogens with zero attached hydrogens (tertiary/aromatic N) is 10. The van der Waals surface area contributed by atoms with Crippen LogP contribution in [-0.2, 0) is 85.8 Å². The SMILES string of the molecule is Brc1cnc2c(c1)CNCCCN2.C.C.C.C.C.CC(C)(C)OC(=O)N1CCCNc2ncc(Br)cc2C1.Cc1c(CN(C)C(=O)/C=C/c2cnc3c(c2)CN(C(=O)OC(C)(C)C)C(=O)CCN3)oc2ccccc12.Cc1c(CN(C)C(=O)/C=C/c2cnc3c(c2)CNCCCN3)oc2ccccc12.O=C1CCNc2ncccc2CN1.O=CC(F)(F)F.c1cnc2c(c1)CNCCCN2. The third-order valence-corrected chi connectivity index (χ3v) is 21.2. The summed E-state index contributed by atoms with van der Waals surface area (Å²) in [4.78, 5) is 115. The van der Waals surface area contributed by atoms with Gasteiger partial charge in [-0.25, -0.2) is 44.4 Å². The van der Waals surface area contributed by atoms with E-state index >= 15 is 0 Å². The Kier molecular flexibility index (Phi) is 46.5. The molecule has 0 atom stereocenters. The van der Waals surface area contributed by atoms with Crippen LogP contribution >= 0.6 is 31.9 Å². The number of imide groups is 1. The number of aromatic nitrogens is 6. The summed E-state index contributed by atoms with van der Waals surface area (Å²) in [6, 6.07) is 31.6. The first-order valence-electron chi connectivity index (χ1n) is 43.0. The Morgan fingerprint density at radius 2 is 0.852 bits per heavy atom. The molecule has 732 valence electrons. The Balaban J connectivity index is 0.000000293. The molecule has 8 aromatic heterocycles. The first-order valence-corrected chi connectivity index (χ1v) is 44.6. The maximum Gasteiger partial charge on any atom is 0.446 e. The van der Waals surface area contributed by atoms with Gasteiger partial charge in [-0.05, 0) is 204 Å². The Morgan fingerprint density at radius 3 is 1.32 bits per heavy atom. The highest BCUT2D eigenvalue weighted by Crippen LogP contribution is 2.31. The van der Waals surface area contributed by atoms with Crippen LogP contribution < -0.4 is 53.2 Å². The smallest absolute Gasteiger partial charge is 0.446 e. The number of amides is 6. The van der Waals surface area contributed by atoms with Crippen molar-refractivity contribution in [2.75, 3.05) is 111 Å². The molecule has 0 radical (unpaired) electrons. The molecule has 10 aromatic rings. The van der Waals surface area contributed by atoms with Gasteiger partial charge in [0.1, 0.15) is 68.8 Å². The average molecular weight is 2000 g/mol. The molecule has 14 heterocycles. The quantitative estimate of drug-likeness (QED) is 0.0499. The molecule has 6 aliphatic rings. The molecule has 31 nitrogen and oxygen atoms in total. The summed E-state index contributed by atoms with van der Waals surface area (Å²) in [6.07, 6.45) is 15.4. The number of hydrogen-bond donors (Lipinski definition) is 10. The molecule has 0 unspecified atom stereocenters. The van der Waals surface area contributed by atoms with Crippen LogP contribution in [-0.4, -0.2) is 189 Å². The van der Waals surface area contributed by atoms with E-state index in [2.05, 4.69) is 133 Å². The highest BCUT2D eigenvalue weighted by molar-refractivity contribution is 9.10. The van der Waals surface area contributed by atoms with Gasteiger partial charge in [-0.2, -0.15) is 13.2 Å². The predicted molar refractivity (Wildman–Crippen MR) is 539 cm³/mol. The number of halogens is 5. The van der Waals surface area contributed by atoms with Crippen molar-refractivity contribution in [1.82, 2.24) is 70.8 Å². The van der Waals surface area contributed by atoms with Crippen LogP contribution in [0.2, 0.25) is 0 Å². The minimum Gasteiger partial charge on any atom is -0.459 e. The first-order chi connectivity index (χ1) is 62.2. The second-order valence-corrected chi connectivity index (χ2v) is 34.9. The Labute approximate surface area is 808 Å². The van der Waals surface area contributed by atoms with E-state index in [0.717, 1.165) is 201 Å². The molecule has 0 saturated heterocycles. The van der Waals surface area contributed by atoms with Crippen LogP contribution in [0.4, 0.5) is 57.7 Å². The van der Waals surface area contributed by atoms with Gasteiger partial charge in [-0.3, -0.25) is 24.0 Å². The van der Waals surface area contributed by atoms with Crippen molar-refractivity contribution in [1.29, 1.82) is 0 Å². The highest BCUT2D eigenvalue weighted by Gasteiger charge is 2.31. The van der Waals surface area contributed by atoms with Crippen molar-refractivity contribution < 1.29 is 65.0 Å². The largest absolute Gasteiger partial charge is 0.459 e. The monoisotopic (exact) mass is 1990 g/mol. The third kappa shape index (κ3) is 36.7. The van der Waals surface area contributed by atoms with Gasteiger partial charge in [0.2, 0.25) is 29.9 Å². The van der Waals surface area contributed by atoms with Crippen molar-refractivity contribution >= 4 is 143 Å². The number of ether oxygens (including phenoxy) is 2. The second kappa shape index (κ2) is 55.5. The number of aryl methyl sites for hydroxylation is 2. The zero-order valence-electron chi connectivity index (χ0n) is 74.9. The summed E-state index contributed by atoms with van der Waals surface area (Å²) < 4.78 is 55.9. The number of aldehydes is 1. The van der Waals surface area contributed by atoms with Crippen LogP contribution in [0.1, 0.15) is 184 Å². The van der Waals surface area contributed by atoms with Gasteiger partial charge in [-0.1, -0.05) is 85.7 Å². The van der Waals surface area contributed by atoms with Gasteiger partial charge < -0.3 is 86.2 Å². The number of benzene rings is 2. The number of rotatable bonds is 8. The minimum absolute atomic E-state index is 0. The van der Waals surface area contributed by atoms with Gasteiger partial charge in [0.15, 0.2) is 0 Å². The molecule has 6 amide bonds. The molecule has 36 heteroatoms. The second-order valence-electron chi connectivity index (χ2n) is 33.0. The number of para-hydroxylation sites is 2. The molecule has 0 bridgehead atoms. The molecule has 16 rings (SSSR count). The van der Waals surface area contributed by atoms with E-state index in [9.17, 15) is 41.9 Å². The lowest BCUT2D eigenvalue weighted by molar-refractivity contribution is -0.156. The van der Waals surface area contributed by atoms with Crippen LogP contribution in [0.25, 0.3) is 34.1 Å². The molecule has 0 aliphatic carbocycles. The van der Waals surface area contributed by atoms with Crippen molar-refractivity contribution in [2.24, 2.45) is 0 Å². The number of pyridine rings is 6. The Morgan fingerprint density at radius 1 is 0.467 bits per heavy atom. The molecule has 0 fully saturated rings. The summed E-state index contributed by atoms with van der Waals surface area (Å²) in [5.41, 5.74) is 10.4. The van der Waals surface area contributed by atoms with E-state index in [1.165, 1.54) is 17.2 Å². The number of likely N-dealkylation sites (N-methyl/N-ethyl adjacent to an activating group) is 2. The summed E-state index contributed by atoms with van der Waals surface area (Å²) in [7, 11) is 3.50. The lowest BCUT2D eigenvalue weighted by Crippen LogP contribution is -2.42. The molecular weight excluding hydrogens is 1860 g/mol. The summed E-state index contributed by atoms with van der Waals surface area (Å²) in [5.74, 6) is 6.29. The van der Waals surface area contributed by atoms with Gasteiger partial charge >= 0.3 is 18.4 Å². The van der Waals surface area contributed by atoms with Crippen LogP contribution in [0.15, 0.2) is 164 Å². The van der Waals surface area contributed by atoms with E-state index in [1.54, 1.807) is 92.6 Å². The molecule has 10 N–H and O–H groups in total. The Bertz CT molecular complexity index is 5540. The molecule has 2 aromatic carbocycles. The maximum absolute atomic E-state index is 12.8. The third-order valence-electron chi connectivity index (χ3n) is 20.3. The van der Waals surface area contributed by atoms with Crippen molar-refractivity contribution in [2.45, 2.75) is 201 Å². The van der Waals surface area contributed by atoms with E-state index < -0.39 is 29.8 Å². The number of furan rings is 2. The van der Waals surface area contributed by atoms with E-state index in [1.807, 2.05) is 126 Å². The lowest BCUT2D eigenvalue weighted by atomic mass is 10.1. The molecule has 0 saturated carbocycles. The van der Waals surface area contributed by atoms with Crippen LogP contribution in [0.3, 0.4) is 0 Å². The normalized spacial score (nSPS) is 14.5. The van der Waals surface area contributed by atoms with Crippen LogP contribution in [0.5, 0.6) is 0 Å². The number of carbonyl (C=O) groups excluding carboxylic acids is 7. The number of alkyl halides is 3. The lowest BCUT2D eigenvalue weighted by Gasteiger charge is -2.29. The minimum atomic E-state index is -4.64. The number of hydrogen-bond acceptors (Lipinski definition) is 26. The fourth-order valence-electron chi connectivity index (χ4n) is 13.7. The fraction of sp³-hybridized carbons (Fsp3) is 0.424. The first kappa shape index (κ1) is 113. The topological polar surface area (TPSA) is 375 Å². The van der Waals surface area contributed by atoms with E-state index in [4.69, 9.17) is 23.1 Å². The zero-order valence-corrected chi connectivity index (χ0v) is 78.1. The van der Waals surface area contributed by atoms with Crippen molar-refractivity contribution in [3.8, 4) is 0 Å². The molecular formula is C99H135Br2F3N20O11. The summed E-state index contributed by atoms with van der Waals surface area (Å²) in [5, 5.41) is 34.6. The number of carbonyl (C=O) groups is 7. The van der Waals surface area contributed by atoms with E-state index in [0.29, 0.717) is 69.2 Å². The van der Waals surface area contributed by atoms with Crippen LogP contribution in [0, 0.1) is 13.8 Å². The summed E-state index contributed by atoms with van der Waals surface area (Å²) >= 11 is 6.83. The molecule has 0 spiro atoms. The van der Waals surface area contributed by atoms with Gasteiger partial charge in [0, 0.05) is 212 Å². The standard InChI is InChI=1S/C28H32N4O5.C23H26N4O2.C14H20BrN3O2.C9H12BrN3.C9H11N3O.C9H13N3.C2HF3O.5CH4/c1-18-21-8-6-7-9-22(21)36-23(18)17-31(5)24(33)11-10-19-14-20-16-32(27(35)37-28(2,3)4)25(34)12-13-29-26(20)30-15-19;1-16-19-6-3-4-7-20(19)29-21(16)15-27(2)22(28)9-8-17-12-18-14-24-10-5-11-25-23(18)26-13-17;1-14(2,3)20-13(19)18-6-4-5-16-12-10(9-18)7-11(15)8-17-12;10-8-4-7-5-11-2-1-3-12-9(7)13-6-8;13-8-3-5-11-9-7(6-12-8)2-1-4-10-9;1-3-8-7-10-4-2-6-12-9(8)11-5-1;3-2(4,5)1-6;;;;;/h6-11,14-15H,12-13,16-17H2,1-5H3,(H,29,30);3-4,6-9,12-13,24H,5,10-11,14-15H2,1-2H3,(H,25,26);7-8H,4-6,9H2,1-3H3,(H,16,17);4,6,11H,1-3,5H2,(H,12,13);1-2,4H,3,5-6H2,(H,10,11)(H,12,13);1,3,5,10H,2,4,6-7H2,(H,11,12);1H;5*1H4/b11-10+;9-8+;;;;;;;;;;. The van der Waals surface area contributed by atoms with Gasteiger partial charge in [-0.15, -0.1) is 0 Å². The average Bonchev–Trinajstić information content (AvgIpc) is 1.71. The fourth-order valence-corrected chi connectivity index (χ4v) is 14.4. The highest BCUT2D eigenvalue weighted by atomic mass is 79.9. The van der Waals surface area contributed by atoms with E-state index in [-0.39, 0.29) is 79.8 Å². The number of fused-ring (bicyclic) bond motifs is 8. The summed E-state index contributed by atoms with van der Waals surface area (Å²) in [6.45, 7) is 27.9. The zero-order chi connectivity index (χ0) is 93.3. The maximum atomic E-state index is 12.8. The Hall–Kier alpha value is -12.4. The predicted octanol–water partition coefficient (Wildman–Crippen LogP) is 19.2. The number of anilines is 6.